The summed E-state index contributed by atoms with van der Waals surface area (Å²) in [5, 5.41) is 0.789. The van der Waals surface area contributed by atoms with Crippen LogP contribution in [0.5, 0.6) is 11.6 Å². The van der Waals surface area contributed by atoms with Crippen LogP contribution in [0.4, 0.5) is 22.0 Å². The molecule has 4 aromatic rings. The van der Waals surface area contributed by atoms with Crippen LogP contribution in [0.15, 0.2) is 54.9 Å². The number of nitrogens with zero attached hydrogens (tertiary/aromatic N) is 3. The predicted molar refractivity (Wildman–Crippen MR) is 119 cm³/mol. The van der Waals surface area contributed by atoms with E-state index in [0.717, 1.165) is 11.0 Å². The Balaban J connectivity index is 1.46. The summed E-state index contributed by atoms with van der Waals surface area (Å²) in [5.41, 5.74) is 0.885. The van der Waals surface area contributed by atoms with Crippen LogP contribution in [0, 0.1) is 0 Å². The van der Waals surface area contributed by atoms with Crippen LogP contribution >= 0.6 is 0 Å². The summed E-state index contributed by atoms with van der Waals surface area (Å²) in [6.07, 6.45) is -5.11. The zero-order valence-corrected chi connectivity index (χ0v) is 18.8. The van der Waals surface area contributed by atoms with Gasteiger partial charge >= 0.3 is 12.1 Å². The summed E-state index contributed by atoms with van der Waals surface area (Å²) in [6.45, 7) is -0.926. The number of amides is 1. The molecule has 0 aliphatic carbocycles. The second-order valence-electron chi connectivity index (χ2n) is 8.34. The number of hydrogen-bond acceptors (Lipinski definition) is 6. The minimum Gasteiger partial charge on any atom is -0.463 e. The number of piperidine rings is 1. The van der Waals surface area contributed by atoms with E-state index in [0.29, 0.717) is 10.9 Å². The topological polar surface area (TPSA) is 97.4 Å². The number of carbonyl (C=O) groups is 2. The quantitative estimate of drug-likeness (QED) is 0.314. The first-order valence-electron chi connectivity index (χ1n) is 11.0. The van der Waals surface area contributed by atoms with E-state index < -0.39 is 54.7 Å². The largest absolute Gasteiger partial charge is 0.491 e. The van der Waals surface area contributed by atoms with Gasteiger partial charge in [0.2, 0.25) is 0 Å². The third-order valence-corrected chi connectivity index (χ3v) is 5.89. The van der Waals surface area contributed by atoms with E-state index in [4.69, 9.17) is 4.74 Å². The van der Waals surface area contributed by atoms with Gasteiger partial charge in [-0.05, 0) is 24.3 Å². The van der Waals surface area contributed by atoms with Crippen LogP contribution in [0.1, 0.15) is 16.9 Å². The Kier molecular flexibility index (Phi) is 5.92. The van der Waals surface area contributed by atoms with Crippen molar-refractivity contribution in [3.63, 3.8) is 0 Å². The van der Waals surface area contributed by atoms with Crippen molar-refractivity contribution in [2.75, 3.05) is 13.1 Å². The van der Waals surface area contributed by atoms with Crippen molar-refractivity contribution in [2.45, 2.75) is 24.6 Å². The number of halogens is 5. The summed E-state index contributed by atoms with van der Waals surface area (Å²) in [5.74, 6) is -8.17. The van der Waals surface area contributed by atoms with Crippen LogP contribution < -0.4 is 9.47 Å². The number of hydrogen-bond donors (Lipinski definition) is 1. The van der Waals surface area contributed by atoms with E-state index in [9.17, 15) is 31.5 Å². The minimum absolute atomic E-state index is 0.0475. The Morgan fingerprint density at radius 3 is 2.70 bits per heavy atom. The molecule has 0 bridgehead atoms. The van der Waals surface area contributed by atoms with Crippen molar-refractivity contribution >= 4 is 33.7 Å². The molecule has 1 amide bonds. The highest BCUT2D eigenvalue weighted by molar-refractivity contribution is 6.04. The molecule has 8 nitrogen and oxygen atoms in total. The number of esters is 1. The fraction of sp³-hybridized carbons (Fsp3) is 0.250. The maximum absolute atomic E-state index is 14.9. The molecule has 1 N–H and O–H groups in total. The number of nitrogens with one attached hydrogen (secondary N) is 1. The van der Waals surface area contributed by atoms with E-state index in [2.05, 4.69) is 19.7 Å². The number of pyridine rings is 2. The van der Waals surface area contributed by atoms with E-state index in [1.807, 2.05) is 0 Å². The maximum atomic E-state index is 14.9. The molecular weight excluding hydrogens is 503 g/mol. The fourth-order valence-electron chi connectivity index (χ4n) is 4.01. The van der Waals surface area contributed by atoms with Crippen molar-refractivity contribution < 1.29 is 41.0 Å². The highest BCUT2D eigenvalue weighted by Gasteiger charge is 2.48. The van der Waals surface area contributed by atoms with Crippen LogP contribution in [0.2, 0.25) is 0 Å². The lowest BCUT2D eigenvalue weighted by molar-refractivity contribution is -0.190. The number of carbonyl (C=O) groups excluding carboxylic acids is 2. The molecular formula is C24H17F5N4O4. The van der Waals surface area contributed by atoms with Gasteiger partial charge in [-0.15, -0.1) is 0 Å². The fourth-order valence-corrected chi connectivity index (χ4v) is 4.01. The van der Waals surface area contributed by atoms with Crippen LogP contribution in [-0.2, 0) is 4.79 Å². The van der Waals surface area contributed by atoms with Crippen LogP contribution in [0.3, 0.4) is 0 Å². The van der Waals surface area contributed by atoms with E-state index >= 15 is 0 Å². The Morgan fingerprint density at radius 2 is 1.92 bits per heavy atom. The molecule has 1 aromatic carbocycles. The van der Waals surface area contributed by atoms with Gasteiger partial charge in [-0.3, -0.25) is 9.78 Å². The molecule has 37 heavy (non-hydrogen) atoms. The standard InChI is InChI=1S/C24H17F5N4O4/c25-23(26)7-10-33(21(34)19-14-5-8-30-16(14)6-9-31-19)12-18(23)37-20-17(36-22(35)24(27,28)29)11-13-3-1-2-4-15(13)32-20/h1-6,8-9,11,18,30H,7,10,12H2/t18-/m0/s1. The number of ether oxygens (including phenoxy) is 2. The van der Waals surface area contributed by atoms with Crippen LogP contribution in [0.25, 0.3) is 21.8 Å². The molecule has 1 atom stereocenters. The third-order valence-electron chi connectivity index (χ3n) is 5.89. The lowest BCUT2D eigenvalue weighted by Gasteiger charge is -2.38. The van der Waals surface area contributed by atoms with Crippen LogP contribution in [-0.4, -0.2) is 63.0 Å². The third kappa shape index (κ3) is 4.76. The van der Waals surface area contributed by atoms with Gasteiger partial charge in [0, 0.05) is 41.6 Å². The summed E-state index contributed by atoms with van der Waals surface area (Å²) in [4.78, 5) is 36.8. The molecule has 1 saturated heterocycles. The van der Waals surface area contributed by atoms with Gasteiger partial charge in [0.1, 0.15) is 5.69 Å². The van der Waals surface area contributed by atoms with E-state index in [1.54, 1.807) is 30.5 Å². The molecule has 3 aromatic heterocycles. The van der Waals surface area contributed by atoms with Crippen molar-refractivity contribution in [3.8, 4) is 11.6 Å². The lowest BCUT2D eigenvalue weighted by Crippen LogP contribution is -2.55. The summed E-state index contributed by atoms with van der Waals surface area (Å²) in [6, 6.07) is 10.4. The summed E-state index contributed by atoms with van der Waals surface area (Å²) < 4.78 is 78.1. The highest BCUT2D eigenvalue weighted by atomic mass is 19.4. The lowest BCUT2D eigenvalue weighted by atomic mass is 10.0. The maximum Gasteiger partial charge on any atom is 0.491 e. The molecule has 5 rings (SSSR count). The normalized spacial score (nSPS) is 17.6. The first kappa shape index (κ1) is 24.4. The molecule has 0 saturated carbocycles. The Hall–Kier alpha value is -4.29. The molecule has 4 heterocycles. The first-order valence-corrected chi connectivity index (χ1v) is 11.0. The first-order chi connectivity index (χ1) is 17.5. The van der Waals surface area contributed by atoms with Gasteiger partial charge in [-0.1, -0.05) is 18.2 Å². The molecule has 0 spiro atoms. The number of fused-ring (bicyclic) bond motifs is 2. The van der Waals surface area contributed by atoms with Gasteiger partial charge in [0.05, 0.1) is 12.1 Å². The van der Waals surface area contributed by atoms with Crippen molar-refractivity contribution in [2.24, 2.45) is 0 Å². The number of rotatable bonds is 4. The zero-order valence-electron chi connectivity index (χ0n) is 18.8. The zero-order chi connectivity index (χ0) is 26.4. The molecule has 192 valence electrons. The number of aromatic nitrogens is 3. The average molecular weight is 520 g/mol. The SMILES string of the molecule is O=C(c1nccc2[nH]ccc12)N1CCC(F)(F)[C@@H](Oc2nc3ccccc3cc2OC(=O)C(F)(F)F)C1. The minimum atomic E-state index is -5.34. The summed E-state index contributed by atoms with van der Waals surface area (Å²) >= 11 is 0. The van der Waals surface area contributed by atoms with Gasteiger partial charge in [0.25, 0.3) is 17.7 Å². The Morgan fingerprint density at radius 1 is 1.14 bits per heavy atom. The van der Waals surface area contributed by atoms with Gasteiger partial charge in [-0.25, -0.2) is 18.6 Å². The predicted octanol–water partition coefficient (Wildman–Crippen LogP) is 4.51. The number of alkyl halides is 5. The molecule has 1 aliphatic rings. The average Bonchev–Trinajstić information content (AvgIpc) is 3.33. The second kappa shape index (κ2) is 8.98. The number of likely N-dealkylation sites (tertiary alicyclic amines) is 1. The monoisotopic (exact) mass is 520 g/mol. The van der Waals surface area contributed by atoms with Gasteiger partial charge < -0.3 is 19.4 Å². The molecule has 0 radical (unpaired) electrons. The van der Waals surface area contributed by atoms with Crippen molar-refractivity contribution in [1.29, 1.82) is 0 Å². The van der Waals surface area contributed by atoms with E-state index in [-0.39, 0.29) is 23.1 Å². The van der Waals surface area contributed by atoms with Gasteiger partial charge in [0.15, 0.2) is 11.9 Å². The number of benzene rings is 1. The van der Waals surface area contributed by atoms with Crippen molar-refractivity contribution in [3.05, 3.63) is 60.6 Å². The molecule has 1 fully saturated rings. The van der Waals surface area contributed by atoms with Gasteiger partial charge in [-0.2, -0.15) is 13.2 Å². The summed E-state index contributed by atoms with van der Waals surface area (Å²) in [7, 11) is 0. The number of H-pyrrole nitrogens is 1. The molecule has 1 aliphatic heterocycles. The Bertz CT molecular complexity index is 1500. The highest BCUT2D eigenvalue weighted by Crippen LogP contribution is 2.37. The second-order valence-corrected chi connectivity index (χ2v) is 8.34. The Labute approximate surface area is 205 Å². The van der Waals surface area contributed by atoms with Crippen molar-refractivity contribution in [1.82, 2.24) is 19.9 Å². The number of aromatic amines is 1. The molecule has 0 unspecified atom stereocenters. The van der Waals surface area contributed by atoms with E-state index in [1.165, 1.54) is 18.3 Å². The smallest absolute Gasteiger partial charge is 0.463 e. The molecule has 13 heteroatoms. The number of para-hydroxylation sites is 1.